The number of rotatable bonds is 6. The van der Waals surface area contributed by atoms with Gasteiger partial charge in [0.15, 0.2) is 0 Å². The lowest BCUT2D eigenvalue weighted by Gasteiger charge is -2.17. The summed E-state index contributed by atoms with van der Waals surface area (Å²) in [5.41, 5.74) is 9.21. The molecule has 0 amide bonds. The van der Waals surface area contributed by atoms with Crippen LogP contribution in [0.5, 0.6) is 0 Å². The highest BCUT2D eigenvalue weighted by Crippen LogP contribution is 2.19. The molecule has 0 atom stereocenters. The molecule has 0 spiro atoms. The molecule has 1 aromatic rings. The average Bonchev–Trinajstić information content (AvgIpc) is 2.29. The van der Waals surface area contributed by atoms with Crippen LogP contribution in [0, 0.1) is 19.8 Å². The number of nitrogens with one attached hydrogen (secondary N) is 1. The minimum Gasteiger partial charge on any atom is -0.370 e. The molecule has 3 heteroatoms. The van der Waals surface area contributed by atoms with E-state index in [2.05, 4.69) is 37.1 Å². The molecular formula is C14H25N3. The molecule has 0 fully saturated rings. The molecule has 17 heavy (non-hydrogen) atoms. The van der Waals surface area contributed by atoms with Gasteiger partial charge in [-0.3, -0.25) is 0 Å². The van der Waals surface area contributed by atoms with Crippen LogP contribution in [0.1, 0.15) is 43.5 Å². The van der Waals surface area contributed by atoms with Gasteiger partial charge in [0.2, 0.25) is 0 Å². The topological polar surface area (TPSA) is 50.9 Å². The van der Waals surface area contributed by atoms with Gasteiger partial charge in [-0.25, -0.2) is 4.98 Å². The van der Waals surface area contributed by atoms with Gasteiger partial charge in [-0.15, -0.1) is 0 Å². The Hall–Kier alpha value is -1.09. The van der Waals surface area contributed by atoms with Gasteiger partial charge in [-0.05, 0) is 31.4 Å². The third kappa shape index (κ3) is 3.70. The fraction of sp³-hybridized carbons (Fsp3) is 0.643. The summed E-state index contributed by atoms with van der Waals surface area (Å²) in [6, 6.07) is 2.09. The molecular weight excluding hydrogens is 210 g/mol. The minimum absolute atomic E-state index is 0.546. The molecule has 0 saturated carbocycles. The summed E-state index contributed by atoms with van der Waals surface area (Å²) in [4.78, 5) is 4.55. The van der Waals surface area contributed by atoms with E-state index in [0.29, 0.717) is 12.5 Å². The van der Waals surface area contributed by atoms with Gasteiger partial charge in [-0.2, -0.15) is 0 Å². The maximum Gasteiger partial charge on any atom is 0.131 e. The normalized spacial score (nSPS) is 10.9. The number of aryl methyl sites for hydroxylation is 2. The molecule has 0 aliphatic rings. The van der Waals surface area contributed by atoms with Gasteiger partial charge in [0.25, 0.3) is 0 Å². The van der Waals surface area contributed by atoms with Crippen molar-refractivity contribution in [2.24, 2.45) is 11.7 Å². The first kappa shape index (κ1) is 14.0. The van der Waals surface area contributed by atoms with Crippen LogP contribution in [-0.4, -0.2) is 11.5 Å². The SMILES string of the molecule is CCC(CC)CNc1nc(C)cc(C)c1CN. The van der Waals surface area contributed by atoms with E-state index in [0.717, 1.165) is 23.6 Å². The summed E-state index contributed by atoms with van der Waals surface area (Å²) in [7, 11) is 0. The fourth-order valence-electron chi connectivity index (χ4n) is 2.09. The van der Waals surface area contributed by atoms with Crippen LogP contribution in [-0.2, 0) is 6.54 Å². The zero-order valence-electron chi connectivity index (χ0n) is 11.5. The van der Waals surface area contributed by atoms with E-state index in [1.807, 2.05) is 6.92 Å². The Morgan fingerprint density at radius 3 is 2.47 bits per heavy atom. The van der Waals surface area contributed by atoms with E-state index in [4.69, 9.17) is 5.73 Å². The first-order valence-corrected chi connectivity index (χ1v) is 6.53. The molecule has 3 nitrogen and oxygen atoms in total. The van der Waals surface area contributed by atoms with Gasteiger partial charge < -0.3 is 11.1 Å². The van der Waals surface area contributed by atoms with Crippen LogP contribution in [0.25, 0.3) is 0 Å². The standard InChI is InChI=1S/C14H25N3/c1-5-12(6-2)9-16-14-13(8-15)10(3)7-11(4)17-14/h7,12H,5-6,8-9,15H2,1-4H3,(H,16,17). The second-order valence-corrected chi connectivity index (χ2v) is 4.68. The van der Waals surface area contributed by atoms with Crippen LogP contribution in [0.3, 0.4) is 0 Å². The number of hydrogen-bond donors (Lipinski definition) is 2. The second kappa shape index (κ2) is 6.60. The second-order valence-electron chi connectivity index (χ2n) is 4.68. The van der Waals surface area contributed by atoms with Crippen LogP contribution in [0.2, 0.25) is 0 Å². The maximum atomic E-state index is 5.79. The number of anilines is 1. The predicted octanol–water partition coefficient (Wildman–Crippen LogP) is 3.01. The Bertz CT molecular complexity index is 357. The Kier molecular flexibility index (Phi) is 5.42. The third-order valence-corrected chi connectivity index (χ3v) is 3.39. The summed E-state index contributed by atoms with van der Waals surface area (Å²) < 4.78 is 0. The predicted molar refractivity (Wildman–Crippen MR) is 74.2 cm³/mol. The average molecular weight is 235 g/mol. The van der Waals surface area contributed by atoms with Crippen molar-refractivity contribution >= 4 is 5.82 Å². The number of hydrogen-bond acceptors (Lipinski definition) is 3. The van der Waals surface area contributed by atoms with Crippen molar-refractivity contribution in [1.82, 2.24) is 4.98 Å². The lowest BCUT2D eigenvalue weighted by Crippen LogP contribution is -2.16. The largest absolute Gasteiger partial charge is 0.370 e. The molecule has 0 unspecified atom stereocenters. The Morgan fingerprint density at radius 2 is 1.94 bits per heavy atom. The third-order valence-electron chi connectivity index (χ3n) is 3.39. The van der Waals surface area contributed by atoms with Gasteiger partial charge in [0.1, 0.15) is 5.82 Å². The van der Waals surface area contributed by atoms with E-state index in [-0.39, 0.29) is 0 Å². The van der Waals surface area contributed by atoms with E-state index in [9.17, 15) is 0 Å². The monoisotopic (exact) mass is 235 g/mol. The lowest BCUT2D eigenvalue weighted by molar-refractivity contribution is 0.518. The van der Waals surface area contributed by atoms with Gasteiger partial charge in [0, 0.05) is 24.3 Å². The van der Waals surface area contributed by atoms with Crippen molar-refractivity contribution < 1.29 is 0 Å². The van der Waals surface area contributed by atoms with Crippen molar-refractivity contribution in [2.75, 3.05) is 11.9 Å². The highest BCUT2D eigenvalue weighted by atomic mass is 15.0. The molecule has 1 heterocycles. The number of nitrogens with zero attached hydrogens (tertiary/aromatic N) is 1. The van der Waals surface area contributed by atoms with Gasteiger partial charge >= 0.3 is 0 Å². The van der Waals surface area contributed by atoms with Crippen molar-refractivity contribution in [3.05, 3.63) is 22.9 Å². The Balaban J connectivity index is 2.82. The van der Waals surface area contributed by atoms with Crippen molar-refractivity contribution in [1.29, 1.82) is 0 Å². The van der Waals surface area contributed by atoms with Gasteiger partial charge in [0.05, 0.1) is 0 Å². The summed E-state index contributed by atoms with van der Waals surface area (Å²) in [6.45, 7) is 10.1. The molecule has 96 valence electrons. The minimum atomic E-state index is 0.546. The lowest BCUT2D eigenvalue weighted by atomic mass is 10.0. The molecule has 0 saturated heterocycles. The first-order valence-electron chi connectivity index (χ1n) is 6.53. The fourth-order valence-corrected chi connectivity index (χ4v) is 2.09. The van der Waals surface area contributed by atoms with Crippen LogP contribution < -0.4 is 11.1 Å². The first-order chi connectivity index (χ1) is 8.12. The van der Waals surface area contributed by atoms with Gasteiger partial charge in [-0.1, -0.05) is 26.7 Å². The molecule has 1 rings (SSSR count). The number of pyridine rings is 1. The summed E-state index contributed by atoms with van der Waals surface area (Å²) >= 11 is 0. The quantitative estimate of drug-likeness (QED) is 0.797. The smallest absolute Gasteiger partial charge is 0.131 e. The maximum absolute atomic E-state index is 5.79. The van der Waals surface area contributed by atoms with Crippen molar-refractivity contribution in [3.63, 3.8) is 0 Å². The summed E-state index contributed by atoms with van der Waals surface area (Å²) in [5, 5.41) is 3.46. The van der Waals surface area contributed by atoms with Crippen molar-refractivity contribution in [3.8, 4) is 0 Å². The van der Waals surface area contributed by atoms with Crippen LogP contribution in [0.4, 0.5) is 5.82 Å². The van der Waals surface area contributed by atoms with E-state index in [1.54, 1.807) is 0 Å². The Morgan fingerprint density at radius 1 is 1.29 bits per heavy atom. The highest BCUT2D eigenvalue weighted by Gasteiger charge is 2.09. The molecule has 0 bridgehead atoms. The molecule has 1 aromatic heterocycles. The van der Waals surface area contributed by atoms with E-state index in [1.165, 1.54) is 18.4 Å². The number of nitrogens with two attached hydrogens (primary N) is 1. The summed E-state index contributed by atoms with van der Waals surface area (Å²) in [5.74, 6) is 1.68. The van der Waals surface area contributed by atoms with Crippen LogP contribution >= 0.6 is 0 Å². The zero-order chi connectivity index (χ0) is 12.8. The van der Waals surface area contributed by atoms with Crippen LogP contribution in [0.15, 0.2) is 6.07 Å². The van der Waals surface area contributed by atoms with E-state index < -0.39 is 0 Å². The molecule has 0 aromatic carbocycles. The highest BCUT2D eigenvalue weighted by molar-refractivity contribution is 5.49. The molecule has 0 aliphatic carbocycles. The van der Waals surface area contributed by atoms with E-state index >= 15 is 0 Å². The summed E-state index contributed by atoms with van der Waals surface area (Å²) in [6.07, 6.45) is 2.40. The molecule has 0 radical (unpaired) electrons. The molecule has 0 aliphatic heterocycles. The molecule has 3 N–H and O–H groups in total. The van der Waals surface area contributed by atoms with Crippen molar-refractivity contribution in [2.45, 2.75) is 47.1 Å². The number of aromatic nitrogens is 1. The Labute approximate surface area is 105 Å². The zero-order valence-corrected chi connectivity index (χ0v) is 11.5.